The molecule has 172 valence electrons. The zero-order valence-corrected chi connectivity index (χ0v) is 18.2. The first-order valence-electron chi connectivity index (χ1n) is 11.0. The number of rotatable bonds is 6. The van der Waals surface area contributed by atoms with Gasteiger partial charge in [0.2, 0.25) is 0 Å². The Balaban J connectivity index is 0.000000144. The van der Waals surface area contributed by atoms with Crippen LogP contribution in [0.4, 0.5) is 5.82 Å². The SMILES string of the molecule is CC(=O)OC[C@@H]1CC[C@H](n2cnc3cncnc32)O1.c1nc(NCC2CC2)c2[nH]cnc2n1. The Hall–Kier alpha value is -3.67. The molecule has 33 heavy (non-hydrogen) atoms. The Morgan fingerprint density at radius 2 is 2.09 bits per heavy atom. The van der Waals surface area contributed by atoms with Gasteiger partial charge in [-0.15, -0.1) is 0 Å². The summed E-state index contributed by atoms with van der Waals surface area (Å²) >= 11 is 0. The number of aromatic nitrogens is 8. The number of imidazole rings is 2. The molecule has 2 N–H and O–H groups in total. The Morgan fingerprint density at radius 1 is 1.18 bits per heavy atom. The van der Waals surface area contributed by atoms with Gasteiger partial charge >= 0.3 is 5.97 Å². The molecule has 2 fully saturated rings. The lowest BCUT2D eigenvalue weighted by Gasteiger charge is -2.14. The summed E-state index contributed by atoms with van der Waals surface area (Å²) in [6, 6.07) is 0. The van der Waals surface area contributed by atoms with Crippen molar-refractivity contribution >= 4 is 34.1 Å². The van der Waals surface area contributed by atoms with Gasteiger partial charge in [0.05, 0.1) is 25.0 Å². The first-order chi connectivity index (χ1) is 16.2. The first kappa shape index (κ1) is 21.2. The van der Waals surface area contributed by atoms with Crippen molar-refractivity contribution in [1.82, 2.24) is 39.5 Å². The van der Waals surface area contributed by atoms with E-state index in [2.05, 4.69) is 40.2 Å². The molecular formula is C21H25N9O3. The van der Waals surface area contributed by atoms with E-state index in [1.807, 2.05) is 4.57 Å². The van der Waals surface area contributed by atoms with Gasteiger partial charge in [-0.2, -0.15) is 0 Å². The van der Waals surface area contributed by atoms with Crippen LogP contribution < -0.4 is 5.32 Å². The highest BCUT2D eigenvalue weighted by molar-refractivity contribution is 5.81. The van der Waals surface area contributed by atoms with E-state index in [1.165, 1.54) is 26.1 Å². The average Bonchev–Trinajstić information content (AvgIpc) is 3.20. The monoisotopic (exact) mass is 451 g/mol. The summed E-state index contributed by atoms with van der Waals surface area (Å²) in [6.45, 7) is 2.70. The van der Waals surface area contributed by atoms with Crippen LogP contribution in [0.3, 0.4) is 0 Å². The maximum atomic E-state index is 10.8. The van der Waals surface area contributed by atoms with Crippen molar-refractivity contribution in [3.05, 3.63) is 31.5 Å². The molecule has 4 aromatic heterocycles. The normalized spacial score (nSPS) is 19.9. The lowest BCUT2D eigenvalue weighted by molar-refractivity contribution is -0.145. The number of ether oxygens (including phenoxy) is 2. The third-order valence-corrected chi connectivity index (χ3v) is 5.58. The summed E-state index contributed by atoms with van der Waals surface area (Å²) in [6.07, 6.45) is 12.3. The minimum absolute atomic E-state index is 0.0619. The number of nitrogens with zero attached hydrogens (tertiary/aromatic N) is 7. The number of fused-ring (bicyclic) bond motifs is 2. The van der Waals surface area contributed by atoms with E-state index in [0.717, 1.165) is 53.4 Å². The molecule has 1 saturated heterocycles. The van der Waals surface area contributed by atoms with Crippen molar-refractivity contribution in [3.8, 4) is 0 Å². The van der Waals surface area contributed by atoms with Crippen molar-refractivity contribution in [1.29, 1.82) is 0 Å². The van der Waals surface area contributed by atoms with Crippen molar-refractivity contribution in [2.24, 2.45) is 5.92 Å². The number of hydrogen-bond acceptors (Lipinski definition) is 10. The molecule has 0 spiro atoms. The molecule has 2 atom stereocenters. The van der Waals surface area contributed by atoms with Crippen LogP contribution in [0, 0.1) is 5.92 Å². The van der Waals surface area contributed by atoms with E-state index in [-0.39, 0.29) is 18.3 Å². The lowest BCUT2D eigenvalue weighted by Crippen LogP contribution is -2.18. The van der Waals surface area contributed by atoms with E-state index in [9.17, 15) is 4.79 Å². The molecule has 12 heteroatoms. The van der Waals surface area contributed by atoms with Crippen LogP contribution in [0.1, 0.15) is 38.8 Å². The van der Waals surface area contributed by atoms with E-state index in [4.69, 9.17) is 9.47 Å². The molecule has 0 amide bonds. The van der Waals surface area contributed by atoms with E-state index >= 15 is 0 Å². The Kier molecular flexibility index (Phi) is 6.07. The number of esters is 1. The third-order valence-electron chi connectivity index (χ3n) is 5.58. The molecule has 1 saturated carbocycles. The van der Waals surface area contributed by atoms with Crippen LogP contribution in [0.2, 0.25) is 0 Å². The van der Waals surface area contributed by atoms with E-state index < -0.39 is 0 Å². The maximum Gasteiger partial charge on any atom is 0.302 e. The van der Waals surface area contributed by atoms with Gasteiger partial charge in [-0.05, 0) is 31.6 Å². The lowest BCUT2D eigenvalue weighted by atomic mass is 10.2. The van der Waals surface area contributed by atoms with E-state index in [1.54, 1.807) is 25.2 Å². The standard InChI is InChI=1S/C12H14N4O3.C9H11N5/c1-8(17)18-5-9-2-3-11(19-9)16-7-15-10-4-13-6-14-12(10)16;1-2-6(1)3-10-8-7-9(12-4-11-7)14-5-13-8/h4,6-7,9,11H,2-3,5H2,1H3;4-6H,1-3H2,(H2,10,11,12,13,14)/t9-,11+;/m0./s1. The van der Waals surface area contributed by atoms with Crippen molar-refractivity contribution in [2.75, 3.05) is 18.5 Å². The molecule has 0 radical (unpaired) electrons. The van der Waals surface area contributed by atoms with Crippen LogP contribution in [0.25, 0.3) is 22.3 Å². The molecule has 1 aliphatic heterocycles. The van der Waals surface area contributed by atoms with Crippen LogP contribution in [0.15, 0.2) is 31.5 Å². The highest BCUT2D eigenvalue weighted by atomic mass is 16.6. The minimum atomic E-state index is -0.284. The highest BCUT2D eigenvalue weighted by Crippen LogP contribution is 2.30. The maximum absolute atomic E-state index is 10.8. The Bertz CT molecular complexity index is 1240. The predicted molar refractivity (Wildman–Crippen MR) is 118 cm³/mol. The summed E-state index contributed by atoms with van der Waals surface area (Å²) in [7, 11) is 0. The van der Waals surface area contributed by atoms with Gasteiger partial charge in [-0.3, -0.25) is 9.36 Å². The molecule has 12 nitrogen and oxygen atoms in total. The summed E-state index contributed by atoms with van der Waals surface area (Å²) in [4.78, 5) is 38.5. The van der Waals surface area contributed by atoms with Gasteiger partial charge in [-0.1, -0.05) is 0 Å². The summed E-state index contributed by atoms with van der Waals surface area (Å²) in [5.74, 6) is 1.41. The fourth-order valence-corrected chi connectivity index (χ4v) is 3.68. The second-order valence-corrected chi connectivity index (χ2v) is 8.12. The Labute approximate surface area is 189 Å². The van der Waals surface area contributed by atoms with Crippen LogP contribution >= 0.6 is 0 Å². The number of carbonyl (C=O) groups excluding carboxylic acids is 1. The van der Waals surface area contributed by atoms with E-state index in [0.29, 0.717) is 6.61 Å². The highest BCUT2D eigenvalue weighted by Gasteiger charge is 2.28. The topological polar surface area (TPSA) is 146 Å². The van der Waals surface area contributed by atoms with Crippen LogP contribution in [-0.2, 0) is 14.3 Å². The van der Waals surface area contributed by atoms with Gasteiger partial charge < -0.3 is 19.8 Å². The van der Waals surface area contributed by atoms with Crippen molar-refractivity contribution < 1.29 is 14.3 Å². The predicted octanol–water partition coefficient (Wildman–Crippen LogP) is 2.24. The van der Waals surface area contributed by atoms with Crippen LogP contribution in [0.5, 0.6) is 0 Å². The van der Waals surface area contributed by atoms with Gasteiger partial charge in [0.15, 0.2) is 17.1 Å². The van der Waals surface area contributed by atoms with Gasteiger partial charge in [-0.25, -0.2) is 29.9 Å². The molecule has 0 aromatic carbocycles. The average molecular weight is 451 g/mol. The number of nitrogens with one attached hydrogen (secondary N) is 2. The third kappa shape index (κ3) is 5.06. The van der Waals surface area contributed by atoms with Gasteiger partial charge in [0.25, 0.3) is 0 Å². The van der Waals surface area contributed by atoms with Gasteiger partial charge in [0.1, 0.15) is 36.5 Å². The number of carbonyl (C=O) groups is 1. The van der Waals surface area contributed by atoms with Crippen molar-refractivity contribution in [3.63, 3.8) is 0 Å². The number of anilines is 1. The fourth-order valence-electron chi connectivity index (χ4n) is 3.68. The zero-order valence-electron chi connectivity index (χ0n) is 18.2. The second-order valence-electron chi connectivity index (χ2n) is 8.12. The Morgan fingerprint density at radius 3 is 2.94 bits per heavy atom. The quantitative estimate of drug-likeness (QED) is 0.418. The van der Waals surface area contributed by atoms with Gasteiger partial charge in [0, 0.05) is 13.5 Å². The number of aromatic amines is 1. The molecule has 2 aliphatic rings. The molecular weight excluding hydrogens is 426 g/mol. The first-order valence-corrected chi connectivity index (χ1v) is 11.0. The minimum Gasteiger partial charge on any atom is -0.463 e. The summed E-state index contributed by atoms with van der Waals surface area (Å²) in [5, 5.41) is 3.31. The molecule has 1 aliphatic carbocycles. The molecule has 5 heterocycles. The molecule has 4 aromatic rings. The van der Waals surface area contributed by atoms with Crippen molar-refractivity contribution in [2.45, 2.75) is 44.9 Å². The number of H-pyrrole nitrogens is 1. The fraction of sp³-hybridized carbons (Fsp3) is 0.476. The molecule has 0 unspecified atom stereocenters. The molecule has 6 rings (SSSR count). The molecule has 0 bridgehead atoms. The number of hydrogen-bond donors (Lipinski definition) is 2. The second kappa shape index (κ2) is 9.45. The smallest absolute Gasteiger partial charge is 0.302 e. The summed E-state index contributed by atoms with van der Waals surface area (Å²) < 4.78 is 12.7. The zero-order chi connectivity index (χ0) is 22.6. The largest absolute Gasteiger partial charge is 0.463 e. The van der Waals surface area contributed by atoms with Crippen LogP contribution in [-0.4, -0.2) is 64.7 Å². The summed E-state index contributed by atoms with van der Waals surface area (Å²) in [5.41, 5.74) is 3.12.